The van der Waals surface area contributed by atoms with Crippen LogP contribution in [0, 0.1) is 0 Å². The molecule has 6 rings (SSSR count). The van der Waals surface area contributed by atoms with Crippen LogP contribution in [0.1, 0.15) is 34.0 Å². The predicted octanol–water partition coefficient (Wildman–Crippen LogP) is 5.61. The van der Waals surface area contributed by atoms with E-state index in [9.17, 15) is 5.11 Å². The Morgan fingerprint density at radius 1 is 1.00 bits per heavy atom. The molecule has 3 heterocycles. The molecule has 3 aromatic carbocycles. The van der Waals surface area contributed by atoms with E-state index in [4.69, 9.17) is 14.2 Å². The highest BCUT2D eigenvalue weighted by Gasteiger charge is 2.36. The van der Waals surface area contributed by atoms with Crippen molar-refractivity contribution < 1.29 is 19.3 Å². The molecule has 0 bridgehead atoms. The number of ether oxygens (including phenoxy) is 3. The van der Waals surface area contributed by atoms with Crippen LogP contribution in [0.15, 0.2) is 59.1 Å². The molecule has 36 heavy (non-hydrogen) atoms. The number of rotatable bonds is 6. The van der Waals surface area contributed by atoms with Crippen LogP contribution in [-0.2, 0) is 32.7 Å². The van der Waals surface area contributed by atoms with Gasteiger partial charge in [0.2, 0.25) is 0 Å². The fraction of sp³-hybridized carbons (Fsp3) is 0.310. The number of benzene rings is 3. The van der Waals surface area contributed by atoms with Crippen molar-refractivity contribution in [1.29, 1.82) is 0 Å². The van der Waals surface area contributed by atoms with Gasteiger partial charge in [0.15, 0.2) is 11.5 Å². The Labute approximate surface area is 219 Å². The Kier molecular flexibility index (Phi) is 6.15. The van der Waals surface area contributed by atoms with Crippen LogP contribution in [-0.4, -0.2) is 35.3 Å². The van der Waals surface area contributed by atoms with Crippen molar-refractivity contribution in [3.8, 4) is 17.2 Å². The topological polar surface area (TPSA) is 56.1 Å². The first-order valence-electron chi connectivity index (χ1n) is 12.2. The van der Waals surface area contributed by atoms with Crippen LogP contribution in [0.4, 0.5) is 0 Å². The lowest BCUT2D eigenvalue weighted by Gasteiger charge is -2.41. The van der Waals surface area contributed by atoms with Gasteiger partial charge in [-0.25, -0.2) is 0 Å². The van der Waals surface area contributed by atoms with Crippen molar-refractivity contribution in [1.82, 2.24) is 9.47 Å². The molecule has 186 valence electrons. The summed E-state index contributed by atoms with van der Waals surface area (Å²) >= 11 is 3.49. The Balaban J connectivity index is 1.37. The highest BCUT2D eigenvalue weighted by atomic mass is 79.9. The van der Waals surface area contributed by atoms with Gasteiger partial charge in [-0.1, -0.05) is 28.1 Å². The lowest BCUT2D eigenvalue weighted by molar-refractivity contribution is 0.145. The molecule has 1 N–H and O–H groups in total. The number of nitrogens with zero attached hydrogens (tertiary/aromatic N) is 2. The first-order chi connectivity index (χ1) is 17.6. The lowest BCUT2D eigenvalue weighted by Crippen LogP contribution is -2.39. The van der Waals surface area contributed by atoms with E-state index in [-0.39, 0.29) is 12.8 Å². The quantitative estimate of drug-likeness (QED) is 0.339. The van der Waals surface area contributed by atoms with Crippen molar-refractivity contribution in [3.05, 3.63) is 87.0 Å². The monoisotopic (exact) mass is 548 g/mol. The Bertz CT molecular complexity index is 1430. The lowest BCUT2D eigenvalue weighted by atomic mass is 9.85. The van der Waals surface area contributed by atoms with Crippen molar-refractivity contribution in [2.45, 2.75) is 38.8 Å². The van der Waals surface area contributed by atoms with E-state index in [1.54, 1.807) is 14.2 Å². The molecule has 7 heteroatoms. The molecular weight excluding hydrogens is 520 g/mol. The number of aliphatic hydroxyl groups is 1. The number of hydrogen-bond acceptors (Lipinski definition) is 5. The standard InChI is InChI=1S/C29H29BrN2O4/c1-34-21-7-8-25-23(12-21)24-13-26-22-14-29(36-16-18-3-5-20(30)6-4-18)28(35-2)11-19(22)9-10-31(26)15-27(24)32(25)17-33/h3-8,11-12,14,26,33H,9-10,13,15-17H2,1-2H3. The minimum absolute atomic E-state index is 0.0293. The average Bonchev–Trinajstić information content (AvgIpc) is 3.22. The van der Waals surface area contributed by atoms with Crippen LogP contribution in [0.3, 0.4) is 0 Å². The molecular formula is C29H29BrN2O4. The Morgan fingerprint density at radius 3 is 2.58 bits per heavy atom. The predicted molar refractivity (Wildman–Crippen MR) is 143 cm³/mol. The minimum atomic E-state index is -0.0293. The molecule has 1 atom stereocenters. The maximum atomic E-state index is 10.2. The average molecular weight is 549 g/mol. The first-order valence-corrected chi connectivity index (χ1v) is 13.0. The summed E-state index contributed by atoms with van der Waals surface area (Å²) in [6, 6.07) is 18.9. The first kappa shape index (κ1) is 23.4. The SMILES string of the molecule is COc1ccc2c(c1)c1c(n2CO)CN2CCc3cc(OC)c(OCc4ccc(Br)cc4)cc3C2C1. The number of fused-ring (bicyclic) bond motifs is 6. The second-order valence-electron chi connectivity index (χ2n) is 9.44. The summed E-state index contributed by atoms with van der Waals surface area (Å²) in [6.07, 6.45) is 1.83. The molecule has 1 aromatic heterocycles. The van der Waals surface area contributed by atoms with E-state index < -0.39 is 0 Å². The van der Waals surface area contributed by atoms with Gasteiger partial charge in [-0.15, -0.1) is 0 Å². The number of halogens is 1. The zero-order valence-corrected chi connectivity index (χ0v) is 22.0. The minimum Gasteiger partial charge on any atom is -0.497 e. The fourth-order valence-electron chi connectivity index (χ4n) is 5.74. The van der Waals surface area contributed by atoms with Gasteiger partial charge in [0.25, 0.3) is 0 Å². The molecule has 1 unspecified atom stereocenters. The Morgan fingerprint density at radius 2 is 1.83 bits per heavy atom. The van der Waals surface area contributed by atoms with Gasteiger partial charge in [0.05, 0.1) is 19.7 Å². The van der Waals surface area contributed by atoms with E-state index >= 15 is 0 Å². The Hall–Kier alpha value is -3.00. The van der Waals surface area contributed by atoms with Crippen molar-refractivity contribution >= 4 is 26.8 Å². The molecule has 2 aliphatic rings. The van der Waals surface area contributed by atoms with E-state index in [1.165, 1.54) is 22.4 Å². The van der Waals surface area contributed by atoms with Gasteiger partial charge in [-0.05, 0) is 77.6 Å². The maximum Gasteiger partial charge on any atom is 0.162 e. The van der Waals surface area contributed by atoms with Gasteiger partial charge >= 0.3 is 0 Å². The summed E-state index contributed by atoms with van der Waals surface area (Å²) < 4.78 is 20.6. The summed E-state index contributed by atoms with van der Waals surface area (Å²) in [7, 11) is 3.40. The number of methoxy groups -OCH3 is 2. The summed E-state index contributed by atoms with van der Waals surface area (Å²) in [5.74, 6) is 2.38. The molecule has 0 aliphatic carbocycles. The van der Waals surface area contributed by atoms with Crippen LogP contribution in [0.2, 0.25) is 0 Å². The second kappa shape index (κ2) is 9.47. The summed E-state index contributed by atoms with van der Waals surface area (Å²) in [5, 5.41) is 11.4. The van der Waals surface area contributed by atoms with Crippen molar-refractivity contribution in [2.75, 3.05) is 20.8 Å². The van der Waals surface area contributed by atoms with E-state index in [0.29, 0.717) is 6.61 Å². The summed E-state index contributed by atoms with van der Waals surface area (Å²) in [6.45, 7) is 2.22. The molecule has 0 amide bonds. The van der Waals surface area contributed by atoms with Gasteiger partial charge in [-0.3, -0.25) is 4.90 Å². The highest BCUT2D eigenvalue weighted by Crippen LogP contribution is 2.45. The number of hydrogen-bond donors (Lipinski definition) is 1. The molecule has 0 saturated heterocycles. The van der Waals surface area contributed by atoms with E-state index in [1.807, 2.05) is 22.8 Å². The van der Waals surface area contributed by atoms with Crippen LogP contribution in [0.25, 0.3) is 10.9 Å². The maximum absolute atomic E-state index is 10.2. The zero-order chi connectivity index (χ0) is 24.8. The third-order valence-electron chi connectivity index (χ3n) is 7.59. The van der Waals surface area contributed by atoms with Gasteiger partial charge < -0.3 is 23.9 Å². The molecule has 2 aliphatic heterocycles. The van der Waals surface area contributed by atoms with Gasteiger partial charge in [-0.2, -0.15) is 0 Å². The highest BCUT2D eigenvalue weighted by molar-refractivity contribution is 9.10. The fourth-order valence-corrected chi connectivity index (χ4v) is 6.01. The van der Waals surface area contributed by atoms with Gasteiger partial charge in [0, 0.05) is 34.7 Å². The smallest absolute Gasteiger partial charge is 0.162 e. The summed E-state index contributed by atoms with van der Waals surface area (Å²) in [4.78, 5) is 2.53. The van der Waals surface area contributed by atoms with Crippen LogP contribution < -0.4 is 14.2 Å². The third kappa shape index (κ3) is 3.95. The van der Waals surface area contributed by atoms with Crippen LogP contribution in [0.5, 0.6) is 17.2 Å². The normalized spacial score (nSPS) is 16.8. The van der Waals surface area contributed by atoms with Crippen molar-refractivity contribution in [2.24, 2.45) is 0 Å². The van der Waals surface area contributed by atoms with E-state index in [0.717, 1.165) is 64.1 Å². The summed E-state index contributed by atoms with van der Waals surface area (Å²) in [5.41, 5.74) is 7.26. The van der Waals surface area contributed by atoms with Crippen LogP contribution >= 0.6 is 15.9 Å². The van der Waals surface area contributed by atoms with Crippen molar-refractivity contribution in [3.63, 3.8) is 0 Å². The molecule has 6 nitrogen and oxygen atoms in total. The molecule has 0 radical (unpaired) electrons. The molecule has 4 aromatic rings. The largest absolute Gasteiger partial charge is 0.497 e. The molecule has 0 spiro atoms. The zero-order valence-electron chi connectivity index (χ0n) is 20.5. The number of aromatic nitrogens is 1. The molecule has 0 fully saturated rings. The second-order valence-corrected chi connectivity index (χ2v) is 10.4. The number of aliphatic hydroxyl groups excluding tert-OH is 1. The van der Waals surface area contributed by atoms with Gasteiger partial charge in [0.1, 0.15) is 19.1 Å². The third-order valence-corrected chi connectivity index (χ3v) is 8.12. The molecule has 0 saturated carbocycles. The van der Waals surface area contributed by atoms with E-state index in [2.05, 4.69) is 57.2 Å².